The van der Waals surface area contributed by atoms with Gasteiger partial charge < -0.3 is 9.47 Å². The van der Waals surface area contributed by atoms with Crippen molar-refractivity contribution < 1.29 is 14.3 Å². The van der Waals surface area contributed by atoms with Gasteiger partial charge in [-0.25, -0.2) is 0 Å². The van der Waals surface area contributed by atoms with Gasteiger partial charge in [-0.15, -0.1) is 0 Å². The molecular weight excluding hydrogens is 254 g/mol. The van der Waals surface area contributed by atoms with Crippen LogP contribution in [0.3, 0.4) is 0 Å². The zero-order chi connectivity index (χ0) is 14.7. The van der Waals surface area contributed by atoms with E-state index in [1.807, 2.05) is 20.8 Å². The van der Waals surface area contributed by atoms with E-state index >= 15 is 0 Å². The molecule has 2 unspecified atom stereocenters. The van der Waals surface area contributed by atoms with Gasteiger partial charge in [0.15, 0.2) is 17.3 Å². The van der Waals surface area contributed by atoms with Crippen LogP contribution in [0, 0.1) is 23.2 Å². The predicted molar refractivity (Wildman–Crippen MR) is 74.8 cm³/mol. The van der Waals surface area contributed by atoms with Crippen molar-refractivity contribution in [2.24, 2.45) is 11.8 Å². The third-order valence-electron chi connectivity index (χ3n) is 3.76. The topological polar surface area (TPSA) is 59.3 Å². The fourth-order valence-corrected chi connectivity index (χ4v) is 2.13. The highest BCUT2D eigenvalue weighted by Crippen LogP contribution is 2.34. The van der Waals surface area contributed by atoms with Crippen molar-refractivity contribution >= 4 is 5.78 Å². The third-order valence-corrected chi connectivity index (χ3v) is 3.76. The Labute approximate surface area is 119 Å². The summed E-state index contributed by atoms with van der Waals surface area (Å²) in [7, 11) is 0. The van der Waals surface area contributed by atoms with E-state index in [1.54, 1.807) is 18.2 Å². The van der Waals surface area contributed by atoms with E-state index in [1.165, 1.54) is 0 Å². The molecule has 0 amide bonds. The highest BCUT2D eigenvalue weighted by Gasteiger charge is 2.28. The van der Waals surface area contributed by atoms with Crippen molar-refractivity contribution in [1.29, 1.82) is 5.26 Å². The number of ether oxygens (including phenoxy) is 2. The summed E-state index contributed by atoms with van der Waals surface area (Å²) in [5.74, 6) is 0.561. The number of ketones is 1. The first-order chi connectivity index (χ1) is 9.54. The Morgan fingerprint density at radius 1 is 1.20 bits per heavy atom. The van der Waals surface area contributed by atoms with Crippen molar-refractivity contribution in [2.75, 3.05) is 13.2 Å². The maximum atomic E-state index is 12.4. The minimum absolute atomic E-state index is 0.0424. The summed E-state index contributed by atoms with van der Waals surface area (Å²) in [4.78, 5) is 12.4. The number of benzene rings is 1. The molecule has 1 aliphatic heterocycles. The number of carbonyl (C=O) groups is 1. The summed E-state index contributed by atoms with van der Waals surface area (Å²) in [6.45, 7) is 6.86. The van der Waals surface area contributed by atoms with E-state index in [0.29, 0.717) is 30.3 Å². The maximum Gasteiger partial charge on any atom is 0.161 e. The van der Waals surface area contributed by atoms with Gasteiger partial charge in [0.1, 0.15) is 19.1 Å². The molecule has 2 atom stereocenters. The lowest BCUT2D eigenvalue weighted by atomic mass is 9.83. The zero-order valence-electron chi connectivity index (χ0n) is 12.1. The first-order valence-corrected chi connectivity index (χ1v) is 6.87. The SMILES string of the molecule is CC(C)C(C)C(=O)C(C#N)c1ccc2c(c1)OCCO2. The fraction of sp³-hybridized carbons (Fsp3) is 0.500. The molecule has 0 N–H and O–H groups in total. The maximum absolute atomic E-state index is 12.4. The molecule has 1 aliphatic rings. The molecule has 0 fully saturated rings. The van der Waals surface area contributed by atoms with E-state index < -0.39 is 5.92 Å². The molecule has 106 valence electrons. The first kappa shape index (κ1) is 14.4. The lowest BCUT2D eigenvalue weighted by Gasteiger charge is -2.21. The number of hydrogen-bond donors (Lipinski definition) is 0. The van der Waals surface area contributed by atoms with E-state index in [9.17, 15) is 10.1 Å². The molecule has 4 heteroatoms. The summed E-state index contributed by atoms with van der Waals surface area (Å²) in [5, 5.41) is 9.34. The highest BCUT2D eigenvalue weighted by atomic mass is 16.6. The summed E-state index contributed by atoms with van der Waals surface area (Å²) in [6, 6.07) is 7.39. The largest absolute Gasteiger partial charge is 0.486 e. The van der Waals surface area contributed by atoms with Gasteiger partial charge in [0.2, 0.25) is 0 Å². The number of hydrogen-bond acceptors (Lipinski definition) is 4. The average molecular weight is 273 g/mol. The Kier molecular flexibility index (Phi) is 4.29. The molecule has 0 radical (unpaired) electrons. The van der Waals surface area contributed by atoms with Crippen molar-refractivity contribution in [3.05, 3.63) is 23.8 Å². The quantitative estimate of drug-likeness (QED) is 0.846. The highest BCUT2D eigenvalue weighted by molar-refractivity contribution is 5.90. The van der Waals surface area contributed by atoms with E-state index in [-0.39, 0.29) is 17.6 Å². The van der Waals surface area contributed by atoms with Gasteiger partial charge >= 0.3 is 0 Å². The Hall–Kier alpha value is -2.02. The number of fused-ring (bicyclic) bond motifs is 1. The molecule has 2 rings (SSSR count). The number of nitrogens with zero attached hydrogens (tertiary/aromatic N) is 1. The Morgan fingerprint density at radius 2 is 1.85 bits per heavy atom. The van der Waals surface area contributed by atoms with Gasteiger partial charge in [0, 0.05) is 5.92 Å². The van der Waals surface area contributed by atoms with Crippen LogP contribution in [0.5, 0.6) is 11.5 Å². The van der Waals surface area contributed by atoms with Crippen LogP contribution < -0.4 is 9.47 Å². The molecule has 0 spiro atoms. The molecule has 1 heterocycles. The van der Waals surface area contributed by atoms with Gasteiger partial charge in [-0.3, -0.25) is 4.79 Å². The summed E-state index contributed by atoms with van der Waals surface area (Å²) < 4.78 is 10.9. The van der Waals surface area contributed by atoms with E-state index in [2.05, 4.69) is 6.07 Å². The van der Waals surface area contributed by atoms with Crippen molar-refractivity contribution in [1.82, 2.24) is 0 Å². The average Bonchev–Trinajstić information content (AvgIpc) is 2.46. The second-order valence-electron chi connectivity index (χ2n) is 5.40. The lowest BCUT2D eigenvalue weighted by molar-refractivity contribution is -0.123. The summed E-state index contributed by atoms with van der Waals surface area (Å²) >= 11 is 0. The molecule has 0 aliphatic carbocycles. The van der Waals surface area contributed by atoms with Gasteiger partial charge in [-0.2, -0.15) is 5.26 Å². The monoisotopic (exact) mass is 273 g/mol. The molecular formula is C16H19NO3. The third kappa shape index (κ3) is 2.77. The van der Waals surface area contributed by atoms with Crippen LogP contribution in [0.1, 0.15) is 32.3 Å². The van der Waals surface area contributed by atoms with E-state index in [4.69, 9.17) is 9.47 Å². The minimum atomic E-state index is -0.747. The number of Topliss-reactive ketones (excluding diaryl/α,β-unsaturated/α-hetero) is 1. The van der Waals surface area contributed by atoms with Gasteiger partial charge in [0.25, 0.3) is 0 Å². The predicted octanol–water partition coefficient (Wildman–Crippen LogP) is 2.93. The number of carbonyl (C=O) groups excluding carboxylic acids is 1. The molecule has 20 heavy (non-hydrogen) atoms. The Balaban J connectivity index is 2.28. The fourth-order valence-electron chi connectivity index (χ4n) is 2.13. The lowest BCUT2D eigenvalue weighted by Crippen LogP contribution is -2.23. The smallest absolute Gasteiger partial charge is 0.161 e. The molecule has 1 aromatic carbocycles. The summed E-state index contributed by atoms with van der Waals surface area (Å²) in [5.41, 5.74) is 0.675. The standard InChI is InChI=1S/C16H19NO3/c1-10(2)11(3)16(18)13(9-17)12-4-5-14-15(8-12)20-7-6-19-14/h4-5,8,10-11,13H,6-7H2,1-3H3. The van der Waals surface area contributed by atoms with Crippen LogP contribution in [-0.4, -0.2) is 19.0 Å². The number of nitriles is 1. The zero-order valence-corrected chi connectivity index (χ0v) is 12.1. The molecule has 0 saturated carbocycles. The normalized spacial score (nSPS) is 16.4. The molecule has 1 aromatic rings. The summed E-state index contributed by atoms with van der Waals surface area (Å²) in [6.07, 6.45) is 0. The van der Waals surface area contributed by atoms with Crippen molar-refractivity contribution in [3.63, 3.8) is 0 Å². The second kappa shape index (κ2) is 5.96. The Bertz CT molecular complexity index is 545. The number of rotatable bonds is 4. The minimum Gasteiger partial charge on any atom is -0.486 e. The molecule has 0 saturated heterocycles. The van der Waals surface area contributed by atoms with Crippen LogP contribution in [0.4, 0.5) is 0 Å². The van der Waals surface area contributed by atoms with Crippen molar-refractivity contribution in [3.8, 4) is 17.6 Å². The van der Waals surface area contributed by atoms with E-state index in [0.717, 1.165) is 0 Å². The first-order valence-electron chi connectivity index (χ1n) is 6.87. The van der Waals surface area contributed by atoms with Crippen molar-refractivity contribution in [2.45, 2.75) is 26.7 Å². The Morgan fingerprint density at radius 3 is 2.45 bits per heavy atom. The van der Waals surface area contributed by atoms with Crippen LogP contribution in [-0.2, 0) is 4.79 Å². The van der Waals surface area contributed by atoms with Gasteiger partial charge in [-0.1, -0.05) is 26.8 Å². The van der Waals surface area contributed by atoms with Crippen LogP contribution in [0.2, 0.25) is 0 Å². The van der Waals surface area contributed by atoms with Crippen LogP contribution in [0.15, 0.2) is 18.2 Å². The van der Waals surface area contributed by atoms with Gasteiger partial charge in [0.05, 0.1) is 6.07 Å². The van der Waals surface area contributed by atoms with Gasteiger partial charge in [-0.05, 0) is 23.6 Å². The molecule has 0 bridgehead atoms. The van der Waals surface area contributed by atoms with Crippen LogP contribution in [0.25, 0.3) is 0 Å². The second-order valence-corrected chi connectivity index (χ2v) is 5.40. The molecule has 4 nitrogen and oxygen atoms in total. The molecule has 0 aromatic heterocycles. The van der Waals surface area contributed by atoms with Crippen LogP contribution >= 0.6 is 0 Å².